The van der Waals surface area contributed by atoms with Crippen molar-refractivity contribution in [2.45, 2.75) is 13.0 Å². The molecule has 0 amide bonds. The lowest BCUT2D eigenvalue weighted by Gasteiger charge is -2.31. The molecule has 1 fully saturated rings. The van der Waals surface area contributed by atoms with Crippen LogP contribution in [0.15, 0.2) is 24.3 Å². The third-order valence-corrected chi connectivity index (χ3v) is 2.97. The number of benzene rings is 1. The minimum absolute atomic E-state index is 0.453. The van der Waals surface area contributed by atoms with Crippen LogP contribution in [0.3, 0.4) is 0 Å². The minimum atomic E-state index is 0.453. The van der Waals surface area contributed by atoms with E-state index in [4.69, 9.17) is 4.74 Å². The molecule has 1 heterocycles. The number of hydrogen-bond acceptors (Lipinski definition) is 3. The molecule has 1 N–H and O–H groups in total. The van der Waals surface area contributed by atoms with Crippen LogP contribution in [-0.4, -0.2) is 38.2 Å². The van der Waals surface area contributed by atoms with Crippen molar-refractivity contribution < 1.29 is 4.74 Å². The fourth-order valence-corrected chi connectivity index (χ4v) is 2.08. The van der Waals surface area contributed by atoms with E-state index in [2.05, 4.69) is 41.5 Å². The number of rotatable bonds is 3. The monoisotopic (exact) mass is 220 g/mol. The molecule has 1 aromatic rings. The molecule has 1 atom stereocenters. The average molecular weight is 220 g/mol. The second-order valence-electron chi connectivity index (χ2n) is 4.27. The van der Waals surface area contributed by atoms with Gasteiger partial charge in [0.2, 0.25) is 0 Å². The average Bonchev–Trinajstić information content (AvgIpc) is 2.30. The summed E-state index contributed by atoms with van der Waals surface area (Å²) in [4.78, 5) is 2.36. The topological polar surface area (TPSA) is 24.5 Å². The number of likely N-dealkylation sites (N-methyl/N-ethyl adjacent to an activating group) is 1. The van der Waals surface area contributed by atoms with Gasteiger partial charge in [-0.2, -0.15) is 0 Å². The lowest BCUT2D eigenvalue weighted by Crippen LogP contribution is -2.43. The first-order valence-corrected chi connectivity index (χ1v) is 5.94. The van der Waals surface area contributed by atoms with Crippen molar-refractivity contribution in [3.05, 3.63) is 29.8 Å². The summed E-state index contributed by atoms with van der Waals surface area (Å²) in [6.07, 6.45) is 0. The van der Waals surface area contributed by atoms with Crippen LogP contribution in [0.2, 0.25) is 0 Å². The molecule has 0 spiro atoms. The van der Waals surface area contributed by atoms with Gasteiger partial charge in [-0.25, -0.2) is 0 Å². The zero-order chi connectivity index (χ0) is 11.4. The van der Waals surface area contributed by atoms with E-state index >= 15 is 0 Å². The number of piperazine rings is 1. The Labute approximate surface area is 97.4 Å². The zero-order valence-electron chi connectivity index (χ0n) is 10.1. The molecule has 3 heteroatoms. The molecule has 1 saturated heterocycles. The van der Waals surface area contributed by atoms with Gasteiger partial charge >= 0.3 is 0 Å². The molecule has 2 rings (SSSR count). The van der Waals surface area contributed by atoms with Gasteiger partial charge in [0.25, 0.3) is 0 Å². The van der Waals surface area contributed by atoms with Gasteiger partial charge in [0.15, 0.2) is 0 Å². The summed E-state index contributed by atoms with van der Waals surface area (Å²) < 4.78 is 5.44. The highest BCUT2D eigenvalue weighted by molar-refractivity contribution is 5.29. The molecule has 16 heavy (non-hydrogen) atoms. The predicted molar refractivity (Wildman–Crippen MR) is 65.9 cm³/mol. The Hall–Kier alpha value is -1.06. The van der Waals surface area contributed by atoms with Crippen LogP contribution in [0.5, 0.6) is 5.75 Å². The van der Waals surface area contributed by atoms with Crippen LogP contribution in [-0.2, 0) is 0 Å². The first kappa shape index (κ1) is 11.4. The summed E-state index contributed by atoms with van der Waals surface area (Å²) in [5.41, 5.74) is 1.34. The molecule has 88 valence electrons. The number of nitrogens with zero attached hydrogens (tertiary/aromatic N) is 1. The third kappa shape index (κ3) is 2.74. The standard InChI is InChI=1S/C13H20N2O/c1-3-16-12-6-4-11(5-7-12)13-10-15(2)9-8-14-13/h4-7,13-14H,3,8-10H2,1-2H3. The van der Waals surface area contributed by atoms with Gasteiger partial charge in [-0.05, 0) is 31.7 Å². The first-order valence-electron chi connectivity index (χ1n) is 5.94. The number of ether oxygens (including phenoxy) is 1. The predicted octanol–water partition coefficient (Wildman–Crippen LogP) is 1.66. The van der Waals surface area contributed by atoms with Gasteiger partial charge < -0.3 is 15.0 Å². The molecular formula is C13H20N2O. The van der Waals surface area contributed by atoms with E-state index in [-0.39, 0.29) is 0 Å². The van der Waals surface area contributed by atoms with Crippen LogP contribution < -0.4 is 10.1 Å². The number of nitrogens with one attached hydrogen (secondary N) is 1. The van der Waals surface area contributed by atoms with E-state index in [9.17, 15) is 0 Å². The second kappa shape index (κ2) is 5.32. The second-order valence-corrected chi connectivity index (χ2v) is 4.27. The highest BCUT2D eigenvalue weighted by Gasteiger charge is 2.17. The summed E-state index contributed by atoms with van der Waals surface area (Å²) in [6.45, 7) is 6.01. The quantitative estimate of drug-likeness (QED) is 0.838. The normalized spacial score (nSPS) is 22.0. The molecular weight excluding hydrogens is 200 g/mol. The van der Waals surface area contributed by atoms with Crippen LogP contribution in [0, 0.1) is 0 Å². The highest BCUT2D eigenvalue weighted by Crippen LogP contribution is 2.19. The van der Waals surface area contributed by atoms with Crippen molar-refractivity contribution in [3.8, 4) is 5.75 Å². The van der Waals surface area contributed by atoms with E-state index < -0.39 is 0 Å². The Balaban J connectivity index is 2.03. The smallest absolute Gasteiger partial charge is 0.119 e. The van der Waals surface area contributed by atoms with Gasteiger partial charge in [0, 0.05) is 25.7 Å². The Morgan fingerprint density at radius 2 is 2.12 bits per heavy atom. The molecule has 0 radical (unpaired) electrons. The van der Waals surface area contributed by atoms with Gasteiger partial charge in [0.05, 0.1) is 6.61 Å². The Bertz CT molecular complexity index is 323. The molecule has 3 nitrogen and oxygen atoms in total. The fraction of sp³-hybridized carbons (Fsp3) is 0.538. The van der Waals surface area contributed by atoms with E-state index in [1.807, 2.05) is 6.92 Å². The van der Waals surface area contributed by atoms with E-state index in [1.54, 1.807) is 0 Å². The summed E-state index contributed by atoms with van der Waals surface area (Å²) in [5, 5.41) is 3.53. The molecule has 1 unspecified atom stereocenters. The molecule has 0 bridgehead atoms. The van der Waals surface area contributed by atoms with Crippen LogP contribution in [0.25, 0.3) is 0 Å². The molecule has 1 aliphatic rings. The molecule has 1 aliphatic heterocycles. The fourth-order valence-electron chi connectivity index (χ4n) is 2.08. The van der Waals surface area contributed by atoms with Gasteiger partial charge in [-0.15, -0.1) is 0 Å². The Kier molecular flexibility index (Phi) is 3.80. The lowest BCUT2D eigenvalue weighted by molar-refractivity contribution is 0.240. The highest BCUT2D eigenvalue weighted by atomic mass is 16.5. The Morgan fingerprint density at radius 3 is 2.75 bits per heavy atom. The maximum absolute atomic E-state index is 5.44. The Morgan fingerprint density at radius 1 is 1.38 bits per heavy atom. The van der Waals surface area contributed by atoms with Crippen molar-refractivity contribution in [2.24, 2.45) is 0 Å². The van der Waals surface area contributed by atoms with Crippen LogP contribution in [0.4, 0.5) is 0 Å². The van der Waals surface area contributed by atoms with E-state index in [1.165, 1.54) is 5.56 Å². The van der Waals surface area contributed by atoms with Gasteiger partial charge in [-0.3, -0.25) is 0 Å². The SMILES string of the molecule is CCOc1ccc(C2CN(C)CCN2)cc1. The summed E-state index contributed by atoms with van der Waals surface area (Å²) >= 11 is 0. The summed E-state index contributed by atoms with van der Waals surface area (Å²) in [6, 6.07) is 8.86. The summed E-state index contributed by atoms with van der Waals surface area (Å²) in [7, 11) is 2.17. The largest absolute Gasteiger partial charge is 0.494 e. The van der Waals surface area contributed by atoms with Gasteiger partial charge in [0.1, 0.15) is 5.75 Å². The van der Waals surface area contributed by atoms with Crippen LogP contribution in [0.1, 0.15) is 18.5 Å². The lowest BCUT2D eigenvalue weighted by atomic mass is 10.0. The maximum atomic E-state index is 5.44. The van der Waals surface area contributed by atoms with Crippen molar-refractivity contribution in [1.82, 2.24) is 10.2 Å². The zero-order valence-corrected chi connectivity index (χ0v) is 10.1. The molecule has 0 aliphatic carbocycles. The van der Waals surface area contributed by atoms with Crippen molar-refractivity contribution >= 4 is 0 Å². The summed E-state index contributed by atoms with van der Waals surface area (Å²) in [5.74, 6) is 0.954. The van der Waals surface area contributed by atoms with Crippen molar-refractivity contribution in [1.29, 1.82) is 0 Å². The van der Waals surface area contributed by atoms with Crippen molar-refractivity contribution in [3.63, 3.8) is 0 Å². The van der Waals surface area contributed by atoms with E-state index in [0.717, 1.165) is 32.0 Å². The third-order valence-electron chi connectivity index (χ3n) is 2.97. The molecule has 0 saturated carbocycles. The van der Waals surface area contributed by atoms with Crippen LogP contribution >= 0.6 is 0 Å². The molecule has 1 aromatic carbocycles. The van der Waals surface area contributed by atoms with Crippen molar-refractivity contribution in [2.75, 3.05) is 33.3 Å². The minimum Gasteiger partial charge on any atom is -0.494 e. The van der Waals surface area contributed by atoms with Gasteiger partial charge in [-0.1, -0.05) is 12.1 Å². The molecule has 0 aromatic heterocycles. The number of hydrogen-bond donors (Lipinski definition) is 1. The first-order chi connectivity index (χ1) is 7.79. The van der Waals surface area contributed by atoms with E-state index in [0.29, 0.717) is 6.04 Å². The maximum Gasteiger partial charge on any atom is 0.119 e.